The number of para-hydroxylation sites is 1. The average Bonchev–Trinajstić information content (AvgIpc) is 3.14. The maximum Gasteiger partial charge on any atom is 0.120 e. The van der Waals surface area contributed by atoms with Crippen LogP contribution in [0.15, 0.2) is 60.7 Å². The summed E-state index contributed by atoms with van der Waals surface area (Å²) in [7, 11) is 0. The Balaban J connectivity index is 1.25. The standard InChI is InChI=1S/C23H23N3OS/c27-21-10-9-17-5-1-2-6-18(17)19(21)15-25-11-13-26(14-12-25)16-23-24-20-7-3-4-8-22(20)28-23/h1-10,27H,11-16H2. The Morgan fingerprint density at radius 1 is 0.821 bits per heavy atom. The molecule has 0 aliphatic carbocycles. The fraction of sp³-hybridized carbons (Fsp3) is 0.261. The van der Waals surface area contributed by atoms with Gasteiger partial charge in [-0.05, 0) is 29.0 Å². The summed E-state index contributed by atoms with van der Waals surface area (Å²) in [5, 5.41) is 13.9. The number of phenols is 1. The molecule has 0 unspecified atom stereocenters. The number of nitrogens with zero attached hydrogens (tertiary/aromatic N) is 3. The predicted molar refractivity (Wildman–Crippen MR) is 116 cm³/mol. The molecule has 1 aliphatic rings. The van der Waals surface area contributed by atoms with E-state index in [0.29, 0.717) is 5.75 Å². The van der Waals surface area contributed by atoms with E-state index in [9.17, 15) is 5.11 Å². The lowest BCUT2D eigenvalue weighted by Gasteiger charge is -2.34. The first-order chi connectivity index (χ1) is 13.8. The lowest BCUT2D eigenvalue weighted by Crippen LogP contribution is -2.45. The maximum atomic E-state index is 10.4. The number of benzene rings is 3. The summed E-state index contributed by atoms with van der Waals surface area (Å²) >= 11 is 1.80. The van der Waals surface area contributed by atoms with Gasteiger partial charge in [-0.1, -0.05) is 42.5 Å². The van der Waals surface area contributed by atoms with Crippen LogP contribution in [0.25, 0.3) is 21.0 Å². The summed E-state index contributed by atoms with van der Waals surface area (Å²) in [6.07, 6.45) is 0. The summed E-state index contributed by atoms with van der Waals surface area (Å²) < 4.78 is 1.27. The smallest absolute Gasteiger partial charge is 0.120 e. The molecule has 5 rings (SSSR count). The number of hydrogen-bond donors (Lipinski definition) is 1. The Morgan fingerprint density at radius 3 is 2.36 bits per heavy atom. The van der Waals surface area contributed by atoms with Gasteiger partial charge in [0.05, 0.1) is 16.8 Å². The van der Waals surface area contributed by atoms with Gasteiger partial charge in [-0.3, -0.25) is 9.80 Å². The maximum absolute atomic E-state index is 10.4. The van der Waals surface area contributed by atoms with Crippen molar-refractivity contribution in [3.63, 3.8) is 0 Å². The zero-order valence-electron chi connectivity index (χ0n) is 15.7. The molecule has 0 atom stereocenters. The number of aromatic hydroxyl groups is 1. The van der Waals surface area contributed by atoms with Crippen LogP contribution in [0.3, 0.4) is 0 Å². The fourth-order valence-corrected chi connectivity index (χ4v) is 5.01. The van der Waals surface area contributed by atoms with Gasteiger partial charge in [-0.25, -0.2) is 4.98 Å². The largest absolute Gasteiger partial charge is 0.508 e. The third kappa shape index (κ3) is 3.49. The molecule has 0 spiro atoms. The third-order valence-corrected chi connectivity index (χ3v) is 6.58. The number of rotatable bonds is 4. The SMILES string of the molecule is Oc1ccc2ccccc2c1CN1CCN(Cc2nc3ccccc3s2)CC1. The molecule has 3 aromatic carbocycles. The molecule has 1 aliphatic heterocycles. The molecule has 4 aromatic rings. The van der Waals surface area contributed by atoms with Gasteiger partial charge in [0.2, 0.25) is 0 Å². The first-order valence-electron chi connectivity index (χ1n) is 9.75. The van der Waals surface area contributed by atoms with Gasteiger partial charge in [0.15, 0.2) is 0 Å². The Labute approximate surface area is 168 Å². The van der Waals surface area contributed by atoms with Gasteiger partial charge in [-0.2, -0.15) is 0 Å². The average molecular weight is 390 g/mol. The van der Waals surface area contributed by atoms with E-state index < -0.39 is 0 Å². The molecule has 1 N–H and O–H groups in total. The zero-order valence-corrected chi connectivity index (χ0v) is 16.5. The molecule has 142 valence electrons. The summed E-state index contributed by atoms with van der Waals surface area (Å²) in [6, 6.07) is 20.5. The van der Waals surface area contributed by atoms with Crippen molar-refractivity contribution < 1.29 is 5.11 Å². The van der Waals surface area contributed by atoms with Crippen LogP contribution < -0.4 is 0 Å². The molecule has 4 nitrogen and oxygen atoms in total. The topological polar surface area (TPSA) is 39.6 Å². The predicted octanol–water partition coefficient (Wildman–Crippen LogP) is 4.47. The monoisotopic (exact) mass is 389 g/mol. The van der Waals surface area contributed by atoms with Gasteiger partial charge in [0, 0.05) is 38.3 Å². The second-order valence-corrected chi connectivity index (χ2v) is 8.53. The summed E-state index contributed by atoms with van der Waals surface area (Å²) in [5.41, 5.74) is 2.14. The number of piperazine rings is 1. The van der Waals surface area contributed by atoms with Crippen molar-refractivity contribution in [1.82, 2.24) is 14.8 Å². The van der Waals surface area contributed by atoms with Crippen LogP contribution in [0.2, 0.25) is 0 Å². The van der Waals surface area contributed by atoms with Crippen molar-refractivity contribution in [2.45, 2.75) is 13.1 Å². The number of phenolic OH excluding ortho intramolecular Hbond substituents is 1. The fourth-order valence-electron chi connectivity index (χ4n) is 4.00. The first-order valence-corrected chi connectivity index (χ1v) is 10.6. The van der Waals surface area contributed by atoms with Gasteiger partial charge >= 0.3 is 0 Å². The Morgan fingerprint density at radius 2 is 1.54 bits per heavy atom. The first kappa shape index (κ1) is 17.6. The van der Waals surface area contributed by atoms with Crippen molar-refractivity contribution in [1.29, 1.82) is 0 Å². The van der Waals surface area contributed by atoms with E-state index >= 15 is 0 Å². The second-order valence-electron chi connectivity index (χ2n) is 7.41. The Kier molecular flexibility index (Phi) is 4.72. The minimum absolute atomic E-state index is 0.399. The lowest BCUT2D eigenvalue weighted by molar-refractivity contribution is 0.121. The number of fused-ring (bicyclic) bond motifs is 2. The summed E-state index contributed by atoms with van der Waals surface area (Å²) in [4.78, 5) is 9.69. The van der Waals surface area contributed by atoms with Crippen LogP contribution in [0.1, 0.15) is 10.6 Å². The summed E-state index contributed by atoms with van der Waals surface area (Å²) in [5.74, 6) is 0.399. The molecule has 0 amide bonds. The Bertz CT molecular complexity index is 1080. The molecule has 0 bridgehead atoms. The minimum atomic E-state index is 0.399. The van der Waals surface area contributed by atoms with E-state index in [2.05, 4.69) is 40.1 Å². The van der Waals surface area contributed by atoms with E-state index in [1.807, 2.05) is 30.3 Å². The van der Waals surface area contributed by atoms with Crippen molar-refractivity contribution in [3.05, 3.63) is 71.2 Å². The van der Waals surface area contributed by atoms with Crippen LogP contribution >= 0.6 is 11.3 Å². The third-order valence-electron chi connectivity index (χ3n) is 5.56. The van der Waals surface area contributed by atoms with Gasteiger partial charge < -0.3 is 5.11 Å². The Hall–Kier alpha value is -2.47. The van der Waals surface area contributed by atoms with Crippen LogP contribution in [0.4, 0.5) is 0 Å². The van der Waals surface area contributed by atoms with Crippen LogP contribution in [-0.2, 0) is 13.1 Å². The number of hydrogen-bond acceptors (Lipinski definition) is 5. The van der Waals surface area contributed by atoms with E-state index in [0.717, 1.165) is 55.7 Å². The van der Waals surface area contributed by atoms with Crippen molar-refractivity contribution >= 4 is 32.3 Å². The second kappa shape index (κ2) is 7.51. The molecule has 0 radical (unpaired) electrons. The number of thiazole rings is 1. The molecule has 1 aromatic heterocycles. The summed E-state index contributed by atoms with van der Waals surface area (Å²) in [6.45, 7) is 5.79. The highest BCUT2D eigenvalue weighted by atomic mass is 32.1. The van der Waals surface area contributed by atoms with E-state index in [4.69, 9.17) is 4.98 Å². The highest BCUT2D eigenvalue weighted by Crippen LogP contribution is 2.29. The highest BCUT2D eigenvalue weighted by molar-refractivity contribution is 7.18. The van der Waals surface area contributed by atoms with Crippen LogP contribution in [0.5, 0.6) is 5.75 Å². The highest BCUT2D eigenvalue weighted by Gasteiger charge is 2.20. The molecule has 5 heteroatoms. The van der Waals surface area contributed by atoms with Gasteiger partial charge in [0.25, 0.3) is 0 Å². The molecule has 28 heavy (non-hydrogen) atoms. The minimum Gasteiger partial charge on any atom is -0.508 e. The zero-order chi connectivity index (χ0) is 18.9. The lowest BCUT2D eigenvalue weighted by atomic mass is 10.0. The van der Waals surface area contributed by atoms with E-state index in [1.165, 1.54) is 15.1 Å². The molecule has 1 fully saturated rings. The van der Waals surface area contributed by atoms with E-state index in [-0.39, 0.29) is 0 Å². The normalized spacial score (nSPS) is 16.1. The van der Waals surface area contributed by atoms with Gasteiger partial charge in [-0.15, -0.1) is 11.3 Å². The number of aromatic nitrogens is 1. The van der Waals surface area contributed by atoms with Crippen molar-refractivity contribution in [2.24, 2.45) is 0 Å². The molecule has 2 heterocycles. The van der Waals surface area contributed by atoms with Crippen LogP contribution in [-0.4, -0.2) is 46.1 Å². The quantitative estimate of drug-likeness (QED) is 0.559. The van der Waals surface area contributed by atoms with E-state index in [1.54, 1.807) is 11.3 Å². The molecular weight excluding hydrogens is 366 g/mol. The molecule has 0 saturated carbocycles. The van der Waals surface area contributed by atoms with Crippen LogP contribution in [0, 0.1) is 0 Å². The van der Waals surface area contributed by atoms with Crippen molar-refractivity contribution in [2.75, 3.05) is 26.2 Å². The molecular formula is C23H23N3OS. The molecule has 1 saturated heterocycles. The van der Waals surface area contributed by atoms with Gasteiger partial charge in [0.1, 0.15) is 10.8 Å². The van der Waals surface area contributed by atoms with Crippen molar-refractivity contribution in [3.8, 4) is 5.75 Å².